The zero-order valence-corrected chi connectivity index (χ0v) is 9.94. The highest BCUT2D eigenvalue weighted by Gasteiger charge is 2.28. The van der Waals surface area contributed by atoms with E-state index in [0.29, 0.717) is 12.8 Å². The SMILES string of the molecule is CCC(N)(CCCn1cc(C)cn1)C(N)=O. The van der Waals surface area contributed by atoms with Crippen molar-refractivity contribution in [3.05, 3.63) is 18.0 Å². The smallest absolute Gasteiger partial charge is 0.237 e. The Bertz CT molecular complexity index is 361. The fourth-order valence-electron chi connectivity index (χ4n) is 1.62. The molecule has 4 N–H and O–H groups in total. The van der Waals surface area contributed by atoms with Gasteiger partial charge in [0.15, 0.2) is 0 Å². The maximum Gasteiger partial charge on any atom is 0.237 e. The third-order valence-electron chi connectivity index (χ3n) is 2.89. The van der Waals surface area contributed by atoms with Crippen LogP contribution in [-0.4, -0.2) is 21.2 Å². The number of carbonyl (C=O) groups excluding carboxylic acids is 1. The molecule has 0 radical (unpaired) electrons. The maximum absolute atomic E-state index is 11.2. The van der Waals surface area contributed by atoms with E-state index in [-0.39, 0.29) is 0 Å². The second-order valence-corrected chi connectivity index (χ2v) is 4.26. The molecule has 0 bridgehead atoms. The van der Waals surface area contributed by atoms with Crippen LogP contribution in [0.25, 0.3) is 0 Å². The molecule has 1 heterocycles. The Morgan fingerprint density at radius 2 is 2.31 bits per heavy atom. The Balaban J connectivity index is 2.43. The lowest BCUT2D eigenvalue weighted by molar-refractivity contribution is -0.123. The lowest BCUT2D eigenvalue weighted by atomic mass is 9.91. The minimum atomic E-state index is -0.873. The highest BCUT2D eigenvalue weighted by Crippen LogP contribution is 2.14. The van der Waals surface area contributed by atoms with E-state index in [0.717, 1.165) is 18.5 Å². The quantitative estimate of drug-likeness (QED) is 0.740. The molecule has 1 aromatic rings. The Hall–Kier alpha value is -1.36. The topological polar surface area (TPSA) is 86.9 Å². The van der Waals surface area contributed by atoms with Crippen molar-refractivity contribution >= 4 is 5.91 Å². The molecule has 1 atom stereocenters. The Labute approximate surface area is 95.8 Å². The second-order valence-electron chi connectivity index (χ2n) is 4.26. The van der Waals surface area contributed by atoms with Gasteiger partial charge in [-0.2, -0.15) is 5.10 Å². The van der Waals surface area contributed by atoms with E-state index in [1.54, 1.807) is 0 Å². The average Bonchev–Trinajstić information content (AvgIpc) is 2.63. The summed E-state index contributed by atoms with van der Waals surface area (Å²) in [7, 11) is 0. The molecule has 5 nitrogen and oxygen atoms in total. The van der Waals surface area contributed by atoms with Gasteiger partial charge in [0.2, 0.25) is 5.91 Å². The highest BCUT2D eigenvalue weighted by atomic mass is 16.1. The molecular formula is C11H20N4O. The average molecular weight is 224 g/mol. The lowest BCUT2D eigenvalue weighted by Gasteiger charge is -2.23. The third-order valence-corrected chi connectivity index (χ3v) is 2.89. The van der Waals surface area contributed by atoms with Crippen LogP contribution in [0.1, 0.15) is 31.7 Å². The molecule has 0 fully saturated rings. The second kappa shape index (κ2) is 5.12. The van der Waals surface area contributed by atoms with Crippen LogP contribution in [0.15, 0.2) is 12.4 Å². The number of hydrogen-bond donors (Lipinski definition) is 2. The zero-order valence-electron chi connectivity index (χ0n) is 9.94. The fourth-order valence-corrected chi connectivity index (χ4v) is 1.62. The summed E-state index contributed by atoms with van der Waals surface area (Å²) in [5.74, 6) is -0.424. The van der Waals surface area contributed by atoms with Crippen LogP contribution >= 0.6 is 0 Å². The van der Waals surface area contributed by atoms with E-state index >= 15 is 0 Å². The van der Waals surface area contributed by atoms with E-state index in [4.69, 9.17) is 11.5 Å². The van der Waals surface area contributed by atoms with Gasteiger partial charge in [-0.25, -0.2) is 0 Å². The molecule has 0 aliphatic rings. The molecule has 5 heteroatoms. The normalized spacial score (nSPS) is 14.7. The first-order valence-electron chi connectivity index (χ1n) is 5.56. The van der Waals surface area contributed by atoms with Gasteiger partial charge in [0.1, 0.15) is 0 Å². The van der Waals surface area contributed by atoms with Crippen molar-refractivity contribution in [3.8, 4) is 0 Å². The zero-order chi connectivity index (χ0) is 12.2. The summed E-state index contributed by atoms with van der Waals surface area (Å²) in [6.07, 6.45) is 5.74. The van der Waals surface area contributed by atoms with E-state index in [1.807, 2.05) is 30.9 Å². The maximum atomic E-state index is 11.2. The van der Waals surface area contributed by atoms with Crippen LogP contribution in [0.3, 0.4) is 0 Å². The first kappa shape index (κ1) is 12.7. The minimum absolute atomic E-state index is 0.424. The van der Waals surface area contributed by atoms with Gasteiger partial charge in [0, 0.05) is 12.7 Å². The Kier molecular flexibility index (Phi) is 4.06. The van der Waals surface area contributed by atoms with Crippen LogP contribution in [0.2, 0.25) is 0 Å². The number of carbonyl (C=O) groups is 1. The van der Waals surface area contributed by atoms with Crippen molar-refractivity contribution in [2.75, 3.05) is 0 Å². The molecule has 0 spiro atoms. The highest BCUT2D eigenvalue weighted by molar-refractivity contribution is 5.84. The summed E-state index contributed by atoms with van der Waals surface area (Å²) >= 11 is 0. The van der Waals surface area contributed by atoms with Crippen LogP contribution in [-0.2, 0) is 11.3 Å². The predicted octanol–water partition coefficient (Wildman–Crippen LogP) is 0.565. The summed E-state index contributed by atoms with van der Waals surface area (Å²) < 4.78 is 1.85. The summed E-state index contributed by atoms with van der Waals surface area (Å²) in [6, 6.07) is 0. The summed E-state index contributed by atoms with van der Waals surface area (Å²) in [5.41, 5.74) is 11.4. The van der Waals surface area contributed by atoms with Gasteiger partial charge >= 0.3 is 0 Å². The number of primary amides is 1. The van der Waals surface area contributed by atoms with Crippen molar-refractivity contribution < 1.29 is 4.79 Å². The van der Waals surface area contributed by atoms with Gasteiger partial charge < -0.3 is 11.5 Å². The first-order valence-corrected chi connectivity index (χ1v) is 5.56. The third kappa shape index (κ3) is 3.06. The molecule has 1 rings (SSSR count). The van der Waals surface area contributed by atoms with Gasteiger partial charge in [-0.05, 0) is 31.7 Å². The Morgan fingerprint density at radius 3 is 2.75 bits per heavy atom. The van der Waals surface area contributed by atoms with E-state index in [1.165, 1.54) is 0 Å². The summed E-state index contributed by atoms with van der Waals surface area (Å²) in [5, 5.41) is 4.17. The van der Waals surface area contributed by atoms with Crippen LogP contribution < -0.4 is 11.5 Å². The van der Waals surface area contributed by atoms with Gasteiger partial charge in [0.05, 0.1) is 11.7 Å². The minimum Gasteiger partial charge on any atom is -0.368 e. The predicted molar refractivity (Wildman–Crippen MR) is 62.6 cm³/mol. The number of rotatable bonds is 6. The Morgan fingerprint density at radius 1 is 1.62 bits per heavy atom. The van der Waals surface area contributed by atoms with Crippen molar-refractivity contribution in [2.45, 2.75) is 45.2 Å². The standard InChI is InChI=1S/C11H20N4O/c1-3-11(13,10(12)16)5-4-6-15-8-9(2)7-14-15/h7-8H,3-6,13H2,1-2H3,(H2,12,16). The van der Waals surface area contributed by atoms with E-state index in [9.17, 15) is 4.79 Å². The monoisotopic (exact) mass is 224 g/mol. The summed E-state index contributed by atoms with van der Waals surface area (Å²) in [6.45, 7) is 4.63. The van der Waals surface area contributed by atoms with E-state index < -0.39 is 11.4 Å². The first-order chi connectivity index (χ1) is 7.48. The van der Waals surface area contributed by atoms with Crippen molar-refractivity contribution in [2.24, 2.45) is 11.5 Å². The molecular weight excluding hydrogens is 204 g/mol. The number of aryl methyl sites for hydroxylation is 2. The molecule has 0 aromatic carbocycles. The van der Waals surface area contributed by atoms with Crippen LogP contribution in [0.4, 0.5) is 0 Å². The number of nitrogens with two attached hydrogens (primary N) is 2. The van der Waals surface area contributed by atoms with Gasteiger partial charge in [-0.15, -0.1) is 0 Å². The summed E-state index contributed by atoms with van der Waals surface area (Å²) in [4.78, 5) is 11.2. The van der Waals surface area contributed by atoms with E-state index in [2.05, 4.69) is 5.10 Å². The fraction of sp³-hybridized carbons (Fsp3) is 0.636. The number of amides is 1. The molecule has 1 unspecified atom stereocenters. The van der Waals surface area contributed by atoms with Crippen molar-refractivity contribution in [1.82, 2.24) is 9.78 Å². The van der Waals surface area contributed by atoms with Gasteiger partial charge in [-0.3, -0.25) is 9.48 Å². The van der Waals surface area contributed by atoms with Crippen molar-refractivity contribution in [1.29, 1.82) is 0 Å². The largest absolute Gasteiger partial charge is 0.368 e. The van der Waals surface area contributed by atoms with Gasteiger partial charge in [0.25, 0.3) is 0 Å². The molecule has 90 valence electrons. The number of nitrogens with zero attached hydrogens (tertiary/aromatic N) is 2. The lowest BCUT2D eigenvalue weighted by Crippen LogP contribution is -2.51. The molecule has 1 aromatic heterocycles. The number of aromatic nitrogens is 2. The van der Waals surface area contributed by atoms with Gasteiger partial charge in [-0.1, -0.05) is 6.92 Å². The molecule has 0 aliphatic carbocycles. The molecule has 0 saturated carbocycles. The molecule has 16 heavy (non-hydrogen) atoms. The van der Waals surface area contributed by atoms with Crippen molar-refractivity contribution in [3.63, 3.8) is 0 Å². The molecule has 0 saturated heterocycles. The molecule has 0 aliphatic heterocycles. The van der Waals surface area contributed by atoms with Crippen LogP contribution in [0, 0.1) is 6.92 Å². The van der Waals surface area contributed by atoms with Crippen LogP contribution in [0.5, 0.6) is 0 Å². The molecule has 1 amide bonds. The number of hydrogen-bond acceptors (Lipinski definition) is 3.